The van der Waals surface area contributed by atoms with Gasteiger partial charge in [-0.15, -0.1) is 24.0 Å². The maximum Gasteiger partial charge on any atom is 0.253 e. The minimum Gasteiger partial charge on any atom is -0.493 e. The van der Waals surface area contributed by atoms with Crippen LogP contribution in [0.2, 0.25) is 0 Å². The van der Waals surface area contributed by atoms with Crippen LogP contribution < -0.4 is 20.1 Å². The fourth-order valence-corrected chi connectivity index (χ4v) is 3.12. The van der Waals surface area contributed by atoms with Crippen LogP contribution in [0.15, 0.2) is 47.5 Å². The van der Waals surface area contributed by atoms with Gasteiger partial charge in [0.2, 0.25) is 0 Å². The van der Waals surface area contributed by atoms with E-state index in [0.29, 0.717) is 12.1 Å². The topological polar surface area (TPSA) is 75.2 Å². The van der Waals surface area contributed by atoms with E-state index in [1.54, 1.807) is 33.2 Å². The Morgan fingerprint density at radius 3 is 2.34 bits per heavy atom. The van der Waals surface area contributed by atoms with Crippen LogP contribution in [0.25, 0.3) is 0 Å². The first-order valence-electron chi connectivity index (χ1n) is 10.5. The summed E-state index contributed by atoms with van der Waals surface area (Å²) in [6.07, 6.45) is 1.60. The van der Waals surface area contributed by atoms with Crippen molar-refractivity contribution in [2.75, 3.05) is 47.9 Å². The molecule has 176 valence electrons. The minimum absolute atomic E-state index is 0. The second-order valence-corrected chi connectivity index (χ2v) is 7.28. The molecule has 32 heavy (non-hydrogen) atoms. The molecule has 0 saturated carbocycles. The third-order valence-corrected chi connectivity index (χ3v) is 4.75. The Morgan fingerprint density at radius 1 is 0.969 bits per heavy atom. The van der Waals surface area contributed by atoms with Gasteiger partial charge in [-0.05, 0) is 55.2 Å². The van der Waals surface area contributed by atoms with Crippen molar-refractivity contribution in [1.82, 2.24) is 15.5 Å². The first-order chi connectivity index (χ1) is 15.0. The van der Waals surface area contributed by atoms with Crippen LogP contribution >= 0.6 is 24.0 Å². The summed E-state index contributed by atoms with van der Waals surface area (Å²) in [5.74, 6) is 2.24. The molecule has 2 aromatic rings. The van der Waals surface area contributed by atoms with Gasteiger partial charge in [0.25, 0.3) is 5.91 Å². The molecule has 2 N–H and O–H groups in total. The second kappa shape index (κ2) is 14.5. The Bertz CT molecular complexity index is 887. The van der Waals surface area contributed by atoms with Gasteiger partial charge >= 0.3 is 0 Å². The maximum atomic E-state index is 12.1. The highest BCUT2D eigenvalue weighted by Gasteiger charge is 2.08. The van der Waals surface area contributed by atoms with Crippen molar-refractivity contribution < 1.29 is 14.3 Å². The third kappa shape index (κ3) is 8.57. The summed E-state index contributed by atoms with van der Waals surface area (Å²) in [7, 11) is 6.79. The van der Waals surface area contributed by atoms with E-state index in [1.165, 1.54) is 0 Å². The van der Waals surface area contributed by atoms with Gasteiger partial charge in [0.1, 0.15) is 0 Å². The molecule has 2 rings (SSSR count). The van der Waals surface area contributed by atoms with E-state index in [4.69, 9.17) is 9.47 Å². The first kappa shape index (κ1) is 27.5. The second-order valence-electron chi connectivity index (χ2n) is 7.28. The lowest BCUT2D eigenvalue weighted by molar-refractivity contribution is 0.0827. The molecule has 0 aromatic heterocycles. The highest BCUT2D eigenvalue weighted by molar-refractivity contribution is 14.0. The Labute approximate surface area is 208 Å². The van der Waals surface area contributed by atoms with Crippen LogP contribution in [-0.4, -0.2) is 64.7 Å². The van der Waals surface area contributed by atoms with E-state index in [-0.39, 0.29) is 29.9 Å². The molecular weight excluding hydrogens is 519 g/mol. The van der Waals surface area contributed by atoms with Gasteiger partial charge in [-0.1, -0.05) is 18.2 Å². The van der Waals surface area contributed by atoms with Crippen LogP contribution in [0.1, 0.15) is 28.4 Å². The molecule has 0 aliphatic rings. The first-order valence-corrected chi connectivity index (χ1v) is 10.5. The summed E-state index contributed by atoms with van der Waals surface area (Å²) < 4.78 is 10.6. The molecule has 0 aliphatic heterocycles. The highest BCUT2D eigenvalue weighted by atomic mass is 127. The molecule has 0 bridgehead atoms. The Hall–Kier alpha value is -2.49. The average Bonchev–Trinajstić information content (AvgIpc) is 2.78. The summed E-state index contributed by atoms with van der Waals surface area (Å²) >= 11 is 0. The van der Waals surface area contributed by atoms with E-state index < -0.39 is 0 Å². The fraction of sp³-hybridized carbons (Fsp3) is 0.417. The Morgan fingerprint density at radius 2 is 1.69 bits per heavy atom. The number of carbonyl (C=O) groups is 1. The molecule has 0 aliphatic carbocycles. The van der Waals surface area contributed by atoms with E-state index in [2.05, 4.69) is 15.6 Å². The number of guanidine groups is 1. The predicted octanol–water partition coefficient (Wildman–Crippen LogP) is 3.36. The number of nitrogens with zero attached hydrogens (tertiary/aromatic N) is 2. The number of rotatable bonds is 10. The van der Waals surface area contributed by atoms with E-state index in [0.717, 1.165) is 54.5 Å². The summed E-state index contributed by atoms with van der Waals surface area (Å²) in [6, 6.07) is 13.7. The van der Waals surface area contributed by atoms with Crippen molar-refractivity contribution in [3.8, 4) is 11.5 Å². The molecule has 8 heteroatoms. The lowest BCUT2D eigenvalue weighted by Gasteiger charge is -2.13. The zero-order valence-corrected chi connectivity index (χ0v) is 21.9. The Balaban J connectivity index is 0.00000512. The van der Waals surface area contributed by atoms with E-state index >= 15 is 0 Å². The number of aliphatic imine (C=N–C) groups is 1. The lowest BCUT2D eigenvalue weighted by atomic mass is 10.1. The molecule has 0 radical (unpaired) electrons. The zero-order valence-electron chi connectivity index (χ0n) is 19.6. The number of carbonyl (C=O) groups excluding carboxylic acids is 1. The van der Waals surface area contributed by atoms with Crippen molar-refractivity contribution in [3.63, 3.8) is 0 Å². The summed E-state index contributed by atoms with van der Waals surface area (Å²) in [4.78, 5) is 18.4. The largest absolute Gasteiger partial charge is 0.493 e. The van der Waals surface area contributed by atoms with Crippen LogP contribution in [0.4, 0.5) is 0 Å². The molecule has 1 amide bonds. The summed E-state index contributed by atoms with van der Waals surface area (Å²) in [6.45, 7) is 4.20. The van der Waals surface area contributed by atoms with Crippen molar-refractivity contribution in [1.29, 1.82) is 0 Å². The van der Waals surface area contributed by atoms with Gasteiger partial charge in [0.05, 0.1) is 14.2 Å². The fourth-order valence-electron chi connectivity index (χ4n) is 3.12. The van der Waals surface area contributed by atoms with Crippen LogP contribution in [0, 0.1) is 0 Å². The SMILES string of the molecule is CCNC(=NCCc1ccc(OC)c(OC)c1)NCCc1cccc(C(=O)N(C)C)c1.I. The van der Waals surface area contributed by atoms with Gasteiger partial charge < -0.3 is 25.0 Å². The van der Waals surface area contributed by atoms with Gasteiger partial charge in [0.15, 0.2) is 17.5 Å². The number of ether oxygens (including phenoxy) is 2. The molecule has 7 nitrogen and oxygen atoms in total. The predicted molar refractivity (Wildman–Crippen MR) is 141 cm³/mol. The van der Waals surface area contributed by atoms with Gasteiger partial charge in [-0.2, -0.15) is 0 Å². The maximum absolute atomic E-state index is 12.1. The molecule has 0 heterocycles. The van der Waals surface area contributed by atoms with Crippen molar-refractivity contribution in [2.45, 2.75) is 19.8 Å². The third-order valence-electron chi connectivity index (χ3n) is 4.75. The molecule has 2 aromatic carbocycles. The van der Waals surface area contributed by atoms with Gasteiger partial charge in [-0.3, -0.25) is 9.79 Å². The van der Waals surface area contributed by atoms with Crippen LogP contribution in [-0.2, 0) is 12.8 Å². The molecule has 0 spiro atoms. The van der Waals surface area contributed by atoms with Crippen LogP contribution in [0.5, 0.6) is 11.5 Å². The number of hydrogen-bond acceptors (Lipinski definition) is 4. The average molecular weight is 554 g/mol. The van der Waals surface area contributed by atoms with Crippen molar-refractivity contribution >= 4 is 35.8 Å². The monoisotopic (exact) mass is 554 g/mol. The molecule has 0 fully saturated rings. The highest BCUT2D eigenvalue weighted by Crippen LogP contribution is 2.27. The van der Waals surface area contributed by atoms with Crippen molar-refractivity contribution in [3.05, 3.63) is 59.2 Å². The Kier molecular flexibility index (Phi) is 12.5. The summed E-state index contributed by atoms with van der Waals surface area (Å²) in [5.41, 5.74) is 2.96. The standard InChI is InChI=1S/C24H34N4O3.HI/c1-6-25-24(27-15-13-19-10-11-21(30-4)22(17-19)31-5)26-14-12-18-8-7-9-20(16-18)23(29)28(2)3;/h7-11,16-17H,6,12-15H2,1-5H3,(H2,25,26,27);1H. The number of methoxy groups -OCH3 is 2. The lowest BCUT2D eigenvalue weighted by Crippen LogP contribution is -2.38. The zero-order chi connectivity index (χ0) is 22.6. The smallest absolute Gasteiger partial charge is 0.253 e. The number of nitrogens with one attached hydrogen (secondary N) is 2. The molecule has 0 atom stereocenters. The quantitative estimate of drug-likeness (QED) is 0.268. The van der Waals surface area contributed by atoms with Crippen molar-refractivity contribution in [2.24, 2.45) is 4.99 Å². The van der Waals surface area contributed by atoms with E-state index in [9.17, 15) is 4.79 Å². The summed E-state index contributed by atoms with van der Waals surface area (Å²) in [5, 5.41) is 6.64. The molecule has 0 unspecified atom stereocenters. The van der Waals surface area contributed by atoms with Gasteiger partial charge in [-0.25, -0.2) is 0 Å². The van der Waals surface area contributed by atoms with Gasteiger partial charge in [0, 0.05) is 39.3 Å². The number of benzene rings is 2. The number of amides is 1. The molecular formula is C24H35IN4O3. The number of hydrogen-bond donors (Lipinski definition) is 2. The normalized spacial score (nSPS) is 10.7. The molecule has 0 saturated heterocycles. The van der Waals surface area contributed by atoms with E-state index in [1.807, 2.05) is 49.4 Å². The van der Waals surface area contributed by atoms with Crippen LogP contribution in [0.3, 0.4) is 0 Å². The minimum atomic E-state index is 0. The number of halogens is 1.